The Labute approximate surface area is 363 Å². The molecule has 0 heterocycles. The molecule has 1 aliphatic rings. The second-order valence-corrected chi connectivity index (χ2v) is 15.5. The van der Waals surface area contributed by atoms with E-state index in [1.54, 1.807) is 8.93 Å². The van der Waals surface area contributed by atoms with Crippen LogP contribution in [0.3, 0.4) is 0 Å². The third-order valence-corrected chi connectivity index (χ3v) is 12.2. The maximum Gasteiger partial charge on any atom is 0.0521 e. The smallest absolute Gasteiger partial charge is 0.0521 e. The fourth-order valence-corrected chi connectivity index (χ4v) is 8.91. The molecule has 0 N–H and O–H groups in total. The number of allylic oxidation sites excluding steroid dienone is 1. The molecule has 1 aliphatic carbocycles. The van der Waals surface area contributed by atoms with Gasteiger partial charge >= 0.3 is 0 Å². The molecule has 7 aromatic rings. The molecule has 5 heteroatoms. The van der Waals surface area contributed by atoms with Crippen molar-refractivity contribution in [2.24, 2.45) is 0 Å². The molecule has 7 aromatic carbocycles. The number of para-hydroxylation sites is 1. The van der Waals surface area contributed by atoms with Gasteiger partial charge in [-0.15, -0.1) is 12.1 Å². The molecule has 0 spiro atoms. The van der Waals surface area contributed by atoms with Crippen LogP contribution in [-0.4, -0.2) is 0 Å². The number of halogens is 1. The van der Waals surface area contributed by atoms with E-state index in [4.69, 9.17) is 0 Å². The topological polar surface area (TPSA) is 6.48 Å². The van der Waals surface area contributed by atoms with Crippen molar-refractivity contribution in [3.63, 3.8) is 0 Å². The first kappa shape index (κ1) is 37.6. The van der Waals surface area contributed by atoms with Crippen LogP contribution in [0.25, 0.3) is 34.1 Å². The van der Waals surface area contributed by atoms with Gasteiger partial charge in [-0.05, 0) is 101 Å². The number of hydrogen-bond donors (Lipinski definition) is 0. The number of fused-ring (bicyclic) bond motifs is 4. The first-order valence-electron chi connectivity index (χ1n) is 17.5. The van der Waals surface area contributed by atoms with Gasteiger partial charge in [-0.3, -0.25) is 0 Å². The van der Waals surface area contributed by atoms with Crippen molar-refractivity contribution in [1.82, 2.24) is 0 Å². The Bertz CT molecular complexity index is 2450. The van der Waals surface area contributed by atoms with Gasteiger partial charge in [0.25, 0.3) is 0 Å². The second-order valence-electron chi connectivity index (χ2n) is 13.5. The Morgan fingerprint density at radius 3 is 2.04 bits per heavy atom. The minimum atomic E-state index is -0.291. The molecule has 0 saturated carbocycles. The van der Waals surface area contributed by atoms with Gasteiger partial charge in [-0.1, -0.05) is 114 Å². The zero-order chi connectivity index (χ0) is 35.8. The summed E-state index contributed by atoms with van der Waals surface area (Å²) in [7, 11) is 1.73. The molecule has 0 atom stereocenters. The summed E-state index contributed by atoms with van der Waals surface area (Å²) in [6.07, 6.45) is 6.44. The van der Waals surface area contributed by atoms with Crippen molar-refractivity contribution in [2.45, 2.75) is 31.1 Å². The summed E-state index contributed by atoms with van der Waals surface area (Å²) >= 11 is 2.35. The minimum Gasteiger partial charge on any atom is -0.333 e. The Morgan fingerprint density at radius 2 is 1.32 bits per heavy atom. The Balaban J connectivity index is 0.00000435. The van der Waals surface area contributed by atoms with E-state index in [1.165, 1.54) is 37.9 Å². The van der Waals surface area contributed by atoms with Crippen molar-refractivity contribution >= 4 is 87.2 Å². The molecular formula is C48H38IN2PrS-. The van der Waals surface area contributed by atoms with Gasteiger partial charge < -0.3 is 9.80 Å². The van der Waals surface area contributed by atoms with Gasteiger partial charge in [0.1, 0.15) is 0 Å². The molecule has 0 saturated heterocycles. The van der Waals surface area contributed by atoms with Gasteiger partial charge in [-0.2, -0.15) is 18.2 Å². The fourth-order valence-electron chi connectivity index (χ4n) is 7.79. The summed E-state index contributed by atoms with van der Waals surface area (Å²) < 4.78 is 0. The quantitative estimate of drug-likeness (QED) is 0.105. The van der Waals surface area contributed by atoms with Crippen LogP contribution in [0.2, 0.25) is 0 Å². The van der Waals surface area contributed by atoms with Crippen molar-refractivity contribution in [3.05, 3.63) is 187 Å². The van der Waals surface area contributed by atoms with Crippen LogP contribution < -0.4 is 9.80 Å². The summed E-state index contributed by atoms with van der Waals surface area (Å²) in [6.45, 7) is 11.3. The summed E-state index contributed by atoms with van der Waals surface area (Å²) in [5, 5.41) is 2.40. The van der Waals surface area contributed by atoms with Crippen LogP contribution in [-0.2, 0) is 5.41 Å². The normalized spacial score (nSPS) is 12.6. The molecule has 0 aromatic heterocycles. The van der Waals surface area contributed by atoms with E-state index in [0.29, 0.717) is 0 Å². The number of nitrogens with zero attached hydrogens (tertiary/aromatic N) is 2. The van der Waals surface area contributed by atoms with Crippen LogP contribution in [0.15, 0.2) is 163 Å². The maximum atomic E-state index is 4.44. The van der Waals surface area contributed by atoms with Crippen LogP contribution in [0.4, 0.5) is 34.1 Å². The Kier molecular flexibility index (Phi) is 11.3. The molecule has 8 rings (SSSR count). The van der Waals surface area contributed by atoms with Gasteiger partial charge in [-0.25, -0.2) is 0 Å². The predicted octanol–water partition coefficient (Wildman–Crippen LogP) is 15.0. The predicted molar refractivity (Wildman–Crippen MR) is 234 cm³/mol. The molecule has 0 fully saturated rings. The maximum absolute atomic E-state index is 4.44. The Hall–Kier alpha value is -3.68. The zero-order valence-electron chi connectivity index (χ0n) is 30.1. The molecule has 0 amide bonds. The largest absolute Gasteiger partial charge is 0.333 e. The molecule has 257 valence electrons. The fraction of sp³-hybridized carbons (Fsp3) is 0.0833. The monoisotopic (exact) mass is 942 g/mol. The number of anilines is 6. The molecule has 53 heavy (non-hydrogen) atoms. The summed E-state index contributed by atoms with van der Waals surface area (Å²) in [4.78, 5) is 6.01. The average Bonchev–Trinajstić information content (AvgIpc) is 3.41. The van der Waals surface area contributed by atoms with Gasteiger partial charge in [0.2, 0.25) is 0 Å². The van der Waals surface area contributed by atoms with Crippen LogP contribution >= 0.6 is 30.1 Å². The summed E-state index contributed by atoms with van der Waals surface area (Å²) in [6, 6.07) is 55.7. The third-order valence-electron chi connectivity index (χ3n) is 10.2. The van der Waals surface area contributed by atoms with Crippen molar-refractivity contribution in [1.29, 1.82) is 0 Å². The first-order valence-corrected chi connectivity index (χ1v) is 20.9. The number of benzene rings is 7. The molecule has 0 unspecified atom stereocenters. The van der Waals surface area contributed by atoms with Gasteiger partial charge in [0, 0.05) is 101 Å². The first-order chi connectivity index (χ1) is 25.4. The van der Waals surface area contributed by atoms with Gasteiger partial charge in [0.05, 0.1) is 11.4 Å². The second kappa shape index (κ2) is 16.0. The number of hydrogen-bond acceptors (Lipinski definition) is 3. The molecule has 2 nitrogen and oxygen atoms in total. The summed E-state index contributed by atoms with van der Waals surface area (Å²) in [5.74, 6) is 0. The standard InChI is InChI=1S/C48H38IN2S.Pr/c1-5-16-41-39(6-2)47-42-30-27-37(50(34-19-9-7-10-20-34)36-25-28-38(52-49)29-26-36)31-43(42)48(3,4)44(47)32-46(41)51(35-21-11-8-12-22-35)45-24-15-18-33-17-13-14-23-40(33)45;/h5-7,9-32H,2H2,1,3-4H3;/q-1;/b16-5-;. The molecule has 0 bridgehead atoms. The minimum absolute atomic E-state index is 0. The van der Waals surface area contributed by atoms with Crippen molar-refractivity contribution in [2.75, 3.05) is 9.80 Å². The van der Waals surface area contributed by atoms with E-state index in [1.807, 2.05) is 12.1 Å². The van der Waals surface area contributed by atoms with E-state index in [2.05, 4.69) is 216 Å². The van der Waals surface area contributed by atoms with E-state index >= 15 is 0 Å². The van der Waals surface area contributed by atoms with E-state index in [9.17, 15) is 0 Å². The molecule has 0 aliphatic heterocycles. The van der Waals surface area contributed by atoms with Crippen molar-refractivity contribution < 1.29 is 41.3 Å². The SMILES string of the molecule is C=Cc1c(/C=C\C)c(N(c2cc[c-]cc2)c2cccc3ccccc23)cc2c1-c1ccc(N(c3ccccc3)c3ccc(SI)cc3)cc1C2(C)C.[Pr]. The average molecular weight is 943 g/mol. The van der Waals surface area contributed by atoms with Crippen LogP contribution in [0, 0.1) is 47.4 Å². The van der Waals surface area contributed by atoms with Crippen LogP contribution in [0.1, 0.15) is 43.0 Å². The summed E-state index contributed by atoms with van der Waals surface area (Å²) in [5.41, 5.74) is 13.8. The van der Waals surface area contributed by atoms with E-state index < -0.39 is 0 Å². The molecule has 1 radical (unpaired) electrons. The van der Waals surface area contributed by atoms with E-state index in [-0.39, 0.29) is 46.7 Å². The van der Waals surface area contributed by atoms with E-state index in [0.717, 1.165) is 45.3 Å². The van der Waals surface area contributed by atoms with Gasteiger partial charge in [0.15, 0.2) is 0 Å². The number of rotatable bonds is 9. The zero-order valence-corrected chi connectivity index (χ0v) is 36.7. The van der Waals surface area contributed by atoms with Crippen molar-refractivity contribution in [3.8, 4) is 11.1 Å². The van der Waals surface area contributed by atoms with Crippen LogP contribution in [0.5, 0.6) is 0 Å². The Morgan fingerprint density at radius 1 is 0.660 bits per heavy atom. The molecular weight excluding hydrogens is 904 g/mol. The third kappa shape index (κ3) is 6.82.